The fourth-order valence-electron chi connectivity index (χ4n) is 1.29. The molecular formula is C9H10N4S2. The van der Waals surface area contributed by atoms with Gasteiger partial charge in [0.2, 0.25) is 5.13 Å². The minimum atomic E-state index is 0.696. The first-order valence-corrected chi connectivity index (χ1v) is 6.56. The lowest BCUT2D eigenvalue weighted by molar-refractivity contribution is 0.969. The molecule has 0 spiro atoms. The van der Waals surface area contributed by atoms with Crippen molar-refractivity contribution >= 4 is 27.8 Å². The standard InChI is InChI=1S/C9H10N4S2/c1-2-6(1)8-12-13-9(15-8)11-4-7-3-10-5-14-7/h3,5-6H,1-2,4H2,(H,11,13). The summed E-state index contributed by atoms with van der Waals surface area (Å²) in [4.78, 5) is 5.24. The molecule has 2 heterocycles. The molecule has 4 nitrogen and oxygen atoms in total. The van der Waals surface area contributed by atoms with Crippen LogP contribution in [0.25, 0.3) is 0 Å². The van der Waals surface area contributed by atoms with Crippen molar-refractivity contribution in [3.8, 4) is 0 Å². The van der Waals surface area contributed by atoms with Gasteiger partial charge in [-0.05, 0) is 12.8 Å². The number of hydrogen-bond donors (Lipinski definition) is 1. The van der Waals surface area contributed by atoms with E-state index in [9.17, 15) is 0 Å². The Kier molecular flexibility index (Phi) is 2.38. The van der Waals surface area contributed by atoms with Crippen LogP contribution >= 0.6 is 22.7 Å². The molecule has 2 aromatic heterocycles. The molecule has 0 amide bonds. The van der Waals surface area contributed by atoms with Crippen molar-refractivity contribution in [1.82, 2.24) is 15.2 Å². The zero-order valence-electron chi connectivity index (χ0n) is 8.01. The number of nitrogens with zero attached hydrogens (tertiary/aromatic N) is 3. The van der Waals surface area contributed by atoms with Crippen LogP contribution in [0, 0.1) is 0 Å². The Morgan fingerprint density at radius 3 is 3.07 bits per heavy atom. The van der Waals surface area contributed by atoms with Crippen LogP contribution in [-0.4, -0.2) is 15.2 Å². The molecule has 1 saturated carbocycles. The van der Waals surface area contributed by atoms with Gasteiger partial charge in [-0.1, -0.05) is 11.3 Å². The van der Waals surface area contributed by atoms with Crippen molar-refractivity contribution in [1.29, 1.82) is 0 Å². The zero-order valence-corrected chi connectivity index (χ0v) is 9.64. The third-order valence-corrected chi connectivity index (χ3v) is 4.09. The van der Waals surface area contributed by atoms with Crippen LogP contribution in [0.4, 0.5) is 5.13 Å². The first-order valence-electron chi connectivity index (χ1n) is 4.86. The predicted molar refractivity (Wildman–Crippen MR) is 61.3 cm³/mol. The number of anilines is 1. The maximum atomic E-state index is 4.17. The molecule has 0 radical (unpaired) electrons. The summed E-state index contributed by atoms with van der Waals surface area (Å²) in [6.07, 6.45) is 4.44. The van der Waals surface area contributed by atoms with E-state index in [-0.39, 0.29) is 0 Å². The molecule has 0 saturated heterocycles. The Morgan fingerprint density at radius 1 is 1.40 bits per heavy atom. The second kappa shape index (κ2) is 3.86. The zero-order chi connectivity index (χ0) is 10.1. The van der Waals surface area contributed by atoms with Gasteiger partial charge in [-0.15, -0.1) is 21.5 Å². The lowest BCUT2D eigenvalue weighted by Gasteiger charge is -1.96. The topological polar surface area (TPSA) is 50.7 Å². The fourth-order valence-corrected chi connectivity index (χ4v) is 2.74. The Labute approximate surface area is 95.4 Å². The molecule has 0 bridgehead atoms. The summed E-state index contributed by atoms with van der Waals surface area (Å²) < 4.78 is 0. The molecular weight excluding hydrogens is 228 g/mol. The first-order chi connectivity index (χ1) is 7.42. The highest BCUT2D eigenvalue weighted by Gasteiger charge is 2.27. The van der Waals surface area contributed by atoms with Gasteiger partial charge in [0, 0.05) is 17.0 Å². The first kappa shape index (κ1) is 9.23. The van der Waals surface area contributed by atoms with E-state index in [1.807, 2.05) is 11.7 Å². The van der Waals surface area contributed by atoms with Gasteiger partial charge in [-0.3, -0.25) is 4.98 Å². The van der Waals surface area contributed by atoms with Gasteiger partial charge in [0.15, 0.2) is 0 Å². The molecule has 0 unspecified atom stereocenters. The Morgan fingerprint density at radius 2 is 2.33 bits per heavy atom. The van der Waals surface area contributed by atoms with Crippen molar-refractivity contribution < 1.29 is 0 Å². The van der Waals surface area contributed by atoms with E-state index in [1.54, 1.807) is 22.7 Å². The van der Waals surface area contributed by atoms with E-state index < -0.39 is 0 Å². The molecule has 2 aromatic rings. The van der Waals surface area contributed by atoms with Crippen molar-refractivity contribution in [2.45, 2.75) is 25.3 Å². The summed E-state index contributed by atoms with van der Waals surface area (Å²) in [7, 11) is 0. The van der Waals surface area contributed by atoms with Gasteiger partial charge < -0.3 is 5.32 Å². The van der Waals surface area contributed by atoms with E-state index in [0.29, 0.717) is 5.92 Å². The maximum Gasteiger partial charge on any atom is 0.205 e. The minimum Gasteiger partial charge on any atom is -0.355 e. The average Bonchev–Trinajstić information content (AvgIpc) is 2.82. The third kappa shape index (κ3) is 2.15. The van der Waals surface area contributed by atoms with E-state index in [1.165, 1.54) is 22.7 Å². The molecule has 1 aliphatic rings. The summed E-state index contributed by atoms with van der Waals surface area (Å²) in [5, 5.41) is 13.7. The van der Waals surface area contributed by atoms with E-state index in [0.717, 1.165) is 11.7 Å². The van der Waals surface area contributed by atoms with Crippen LogP contribution in [0.3, 0.4) is 0 Å². The molecule has 0 aromatic carbocycles. The van der Waals surface area contributed by atoms with Gasteiger partial charge >= 0.3 is 0 Å². The summed E-state index contributed by atoms with van der Waals surface area (Å²) in [5.74, 6) is 0.696. The molecule has 0 atom stereocenters. The Bertz CT molecular complexity index is 433. The molecule has 1 N–H and O–H groups in total. The summed E-state index contributed by atoms with van der Waals surface area (Å²) >= 11 is 3.33. The predicted octanol–water partition coefficient (Wildman–Crippen LogP) is 2.48. The number of aromatic nitrogens is 3. The number of thiazole rings is 1. The third-order valence-electron chi connectivity index (χ3n) is 2.26. The molecule has 6 heteroatoms. The van der Waals surface area contributed by atoms with Gasteiger partial charge in [-0.25, -0.2) is 0 Å². The summed E-state index contributed by atoms with van der Waals surface area (Å²) in [5.41, 5.74) is 1.84. The Hall–Kier alpha value is -1.01. The van der Waals surface area contributed by atoms with Crippen LogP contribution in [0.5, 0.6) is 0 Å². The molecule has 0 aliphatic heterocycles. The summed E-state index contributed by atoms with van der Waals surface area (Å²) in [6, 6.07) is 0. The van der Waals surface area contributed by atoms with Gasteiger partial charge in [-0.2, -0.15) is 0 Å². The highest BCUT2D eigenvalue weighted by Crippen LogP contribution is 2.42. The lowest BCUT2D eigenvalue weighted by Crippen LogP contribution is -1.96. The number of rotatable bonds is 4. The van der Waals surface area contributed by atoms with Crippen LogP contribution in [0.1, 0.15) is 28.6 Å². The molecule has 15 heavy (non-hydrogen) atoms. The van der Waals surface area contributed by atoms with E-state index in [2.05, 4.69) is 20.5 Å². The number of nitrogens with one attached hydrogen (secondary N) is 1. The van der Waals surface area contributed by atoms with Crippen molar-refractivity contribution in [3.63, 3.8) is 0 Å². The van der Waals surface area contributed by atoms with E-state index in [4.69, 9.17) is 0 Å². The molecule has 1 aliphatic carbocycles. The second-order valence-corrected chi connectivity index (χ2v) is 5.52. The van der Waals surface area contributed by atoms with Crippen molar-refractivity contribution in [2.24, 2.45) is 0 Å². The van der Waals surface area contributed by atoms with Gasteiger partial charge in [0.05, 0.1) is 12.1 Å². The van der Waals surface area contributed by atoms with E-state index >= 15 is 0 Å². The molecule has 3 rings (SSSR count). The SMILES string of the molecule is c1ncc(CNc2nnc(C3CC3)s2)s1. The highest BCUT2D eigenvalue weighted by atomic mass is 32.1. The van der Waals surface area contributed by atoms with Crippen LogP contribution in [-0.2, 0) is 6.54 Å². The van der Waals surface area contributed by atoms with Gasteiger partial charge in [0.1, 0.15) is 5.01 Å². The minimum absolute atomic E-state index is 0.696. The summed E-state index contributed by atoms with van der Waals surface area (Å²) in [6.45, 7) is 0.796. The largest absolute Gasteiger partial charge is 0.355 e. The Balaban J connectivity index is 1.61. The average molecular weight is 238 g/mol. The highest BCUT2D eigenvalue weighted by molar-refractivity contribution is 7.15. The second-order valence-electron chi connectivity index (χ2n) is 3.54. The monoisotopic (exact) mass is 238 g/mol. The van der Waals surface area contributed by atoms with Crippen LogP contribution < -0.4 is 5.32 Å². The van der Waals surface area contributed by atoms with Crippen molar-refractivity contribution in [3.05, 3.63) is 21.6 Å². The maximum absolute atomic E-state index is 4.17. The molecule has 1 fully saturated rings. The van der Waals surface area contributed by atoms with Crippen LogP contribution in [0.2, 0.25) is 0 Å². The van der Waals surface area contributed by atoms with Crippen LogP contribution in [0.15, 0.2) is 11.7 Å². The van der Waals surface area contributed by atoms with Crippen molar-refractivity contribution in [2.75, 3.05) is 5.32 Å². The quantitative estimate of drug-likeness (QED) is 0.889. The van der Waals surface area contributed by atoms with Gasteiger partial charge in [0.25, 0.3) is 0 Å². The fraction of sp³-hybridized carbons (Fsp3) is 0.444. The lowest BCUT2D eigenvalue weighted by atomic mass is 10.5. The molecule has 78 valence electrons. The number of hydrogen-bond acceptors (Lipinski definition) is 6. The smallest absolute Gasteiger partial charge is 0.205 e. The normalized spacial score (nSPS) is 15.5.